The second-order valence-corrected chi connectivity index (χ2v) is 4.11. The molecule has 0 saturated carbocycles. The summed E-state index contributed by atoms with van der Waals surface area (Å²) in [6.45, 7) is 12.3. The van der Waals surface area contributed by atoms with Crippen LogP contribution in [-0.2, 0) is 4.79 Å². The van der Waals surface area contributed by atoms with E-state index in [0.29, 0.717) is 18.6 Å². The molecule has 0 aliphatic carbocycles. The maximum atomic E-state index is 10.8. The van der Waals surface area contributed by atoms with E-state index in [1.165, 1.54) is 0 Å². The second kappa shape index (κ2) is 13.4. The summed E-state index contributed by atoms with van der Waals surface area (Å²) in [5, 5.41) is 3.14. The number of likely N-dealkylation sites (N-methyl/N-ethyl adjacent to an activating group) is 1. The highest BCUT2D eigenvalue weighted by atomic mass is 16.1. The van der Waals surface area contributed by atoms with Crippen LogP contribution in [-0.4, -0.2) is 18.9 Å². The van der Waals surface area contributed by atoms with Gasteiger partial charge in [0.2, 0.25) is 0 Å². The van der Waals surface area contributed by atoms with Crippen LogP contribution >= 0.6 is 0 Å². The van der Waals surface area contributed by atoms with E-state index in [9.17, 15) is 4.79 Å². The monoisotopic (exact) mass is 215 g/mol. The van der Waals surface area contributed by atoms with Crippen LogP contribution in [0.4, 0.5) is 0 Å². The predicted molar refractivity (Wildman–Crippen MR) is 70.2 cm³/mol. The van der Waals surface area contributed by atoms with Crippen LogP contribution < -0.4 is 5.32 Å². The molecule has 0 amide bonds. The summed E-state index contributed by atoms with van der Waals surface area (Å²) in [5.74, 6) is 1.14. The average molecular weight is 215 g/mol. The van der Waals surface area contributed by atoms with Crippen LogP contribution in [0.1, 0.15) is 48.9 Å². The first-order chi connectivity index (χ1) is 7.04. The Labute approximate surface area is 96.6 Å². The third kappa shape index (κ3) is 24.7. The lowest BCUT2D eigenvalue weighted by atomic mass is 10.2. The number of hydrogen-bond donors (Lipinski definition) is 1. The molecule has 1 N–H and O–H groups in total. The van der Waals surface area contributed by atoms with Gasteiger partial charge in [-0.25, -0.2) is 0 Å². The van der Waals surface area contributed by atoms with Gasteiger partial charge in [0.05, 0.1) is 0 Å². The van der Waals surface area contributed by atoms with Gasteiger partial charge in [0.15, 0.2) is 0 Å². The van der Waals surface area contributed by atoms with E-state index >= 15 is 0 Å². The normalized spacial score (nSPS) is 10.3. The van der Waals surface area contributed by atoms with Crippen molar-refractivity contribution in [3.8, 4) is 0 Å². The lowest BCUT2D eigenvalue weighted by molar-refractivity contribution is -0.117. The fraction of sp³-hybridized carbons (Fsp3) is 0.769. The summed E-state index contributed by atoms with van der Waals surface area (Å²) in [6.07, 6.45) is 5.15. The Kier molecular flexibility index (Phi) is 15.0. The number of ketones is 1. The van der Waals surface area contributed by atoms with E-state index in [1.54, 1.807) is 0 Å². The Hall–Kier alpha value is -0.630. The number of Topliss-reactive ketones (excluding diaryl/α,β-unsaturated/α-hetero) is 1. The largest absolute Gasteiger partial charge is 0.314 e. The lowest BCUT2D eigenvalue weighted by Gasteiger charge is -1.92. The molecule has 0 bridgehead atoms. The van der Waals surface area contributed by atoms with Gasteiger partial charge in [0, 0.05) is 20.8 Å². The molecule has 0 aromatic carbocycles. The maximum Gasteiger partial charge on any atom is 0.136 e. The van der Waals surface area contributed by atoms with Crippen molar-refractivity contribution >= 4 is 5.78 Å². The van der Waals surface area contributed by atoms with Crippen molar-refractivity contribution in [2.24, 2.45) is 5.92 Å². The van der Waals surface area contributed by atoms with Crippen LogP contribution in [0.3, 0.4) is 0 Å². The van der Waals surface area contributed by atoms with Crippen molar-refractivity contribution < 1.29 is 6.22 Å². The van der Waals surface area contributed by atoms with Gasteiger partial charge in [0.25, 0.3) is 0 Å². The summed E-state index contributed by atoms with van der Waals surface area (Å²) in [6, 6.07) is 0. The van der Waals surface area contributed by atoms with Crippen molar-refractivity contribution in [3.63, 3.8) is 0 Å². The summed E-state index contributed by atoms with van der Waals surface area (Å²) >= 11 is 0. The van der Waals surface area contributed by atoms with Gasteiger partial charge in [-0.2, -0.15) is 0 Å². The number of allylic oxidation sites excluding steroid dienone is 1. The Balaban J connectivity index is -0.000000292. The molecule has 0 radical (unpaired) electrons. The molecule has 0 saturated heterocycles. The molecule has 2 nitrogen and oxygen atoms in total. The van der Waals surface area contributed by atoms with E-state index in [1.807, 2.05) is 19.1 Å². The smallest absolute Gasteiger partial charge is 0.136 e. The molecular formula is C13H29NO. The van der Waals surface area contributed by atoms with E-state index in [2.05, 4.69) is 33.0 Å². The highest BCUT2D eigenvalue weighted by Crippen LogP contribution is 1.89. The Morgan fingerprint density at radius 3 is 2.20 bits per heavy atom. The number of nitrogens with one attached hydrogen (secondary N) is 1. The van der Waals surface area contributed by atoms with Crippen molar-refractivity contribution in [1.29, 1.82) is 0 Å². The molecule has 0 aromatic rings. The summed E-state index contributed by atoms with van der Waals surface area (Å²) in [7, 11) is 0. The molecule has 0 rings (SSSR count). The first kappa shape index (κ1) is 16.8. The molecule has 0 aliphatic heterocycles. The molecule has 0 spiro atoms. The van der Waals surface area contributed by atoms with Gasteiger partial charge in [-0.1, -0.05) is 46.8 Å². The van der Waals surface area contributed by atoms with Gasteiger partial charge >= 0.3 is 0 Å². The van der Waals surface area contributed by atoms with Crippen LogP contribution in [0.25, 0.3) is 0 Å². The van der Waals surface area contributed by atoms with E-state index < -0.39 is 0 Å². The molecular weight excluding hydrogens is 186 g/mol. The fourth-order valence-electron chi connectivity index (χ4n) is 0.670. The minimum Gasteiger partial charge on any atom is -0.314 e. The second-order valence-electron chi connectivity index (χ2n) is 4.11. The standard InChI is InChI=1S/C9H17NO.C4H10.H2/c1-3-9(11)7-5-6-8-10-4-2;1-4(2)3;/h5-6,10H,3-4,7-8H2,1-2H3;4H,1-3H3;1H/b6-5+;;. The Morgan fingerprint density at radius 2 is 1.80 bits per heavy atom. The Bertz CT molecular complexity index is 165. The van der Waals surface area contributed by atoms with Crippen molar-refractivity contribution in [1.82, 2.24) is 5.32 Å². The first-order valence-electron chi connectivity index (χ1n) is 5.91. The predicted octanol–water partition coefficient (Wildman–Crippen LogP) is 3.43. The number of hydrogen-bond acceptors (Lipinski definition) is 2. The highest BCUT2D eigenvalue weighted by molar-refractivity contribution is 5.79. The molecule has 92 valence electrons. The number of carbonyl (C=O) groups excluding carboxylic acids is 1. The molecule has 0 fully saturated rings. The van der Waals surface area contributed by atoms with Crippen LogP contribution in [0.5, 0.6) is 0 Å². The lowest BCUT2D eigenvalue weighted by Crippen LogP contribution is -2.11. The van der Waals surface area contributed by atoms with Gasteiger partial charge < -0.3 is 5.32 Å². The molecule has 0 aliphatic rings. The van der Waals surface area contributed by atoms with Gasteiger partial charge in [-0.15, -0.1) is 0 Å². The molecule has 0 aromatic heterocycles. The minimum absolute atomic E-state index is 0. The summed E-state index contributed by atoms with van der Waals surface area (Å²) < 4.78 is 0. The van der Waals surface area contributed by atoms with Crippen molar-refractivity contribution in [3.05, 3.63) is 12.2 Å². The SMILES string of the molecule is CC(C)C.CCNC/C=C/CC(=O)CC.[HH]. The van der Waals surface area contributed by atoms with Crippen LogP contribution in [0.15, 0.2) is 12.2 Å². The van der Waals surface area contributed by atoms with E-state index in [0.717, 1.165) is 19.0 Å². The van der Waals surface area contributed by atoms with Crippen LogP contribution in [0.2, 0.25) is 0 Å². The molecule has 0 heterocycles. The fourth-order valence-corrected chi connectivity index (χ4v) is 0.670. The zero-order valence-corrected chi connectivity index (χ0v) is 11.0. The average Bonchev–Trinajstić information content (AvgIpc) is 2.16. The van der Waals surface area contributed by atoms with E-state index in [-0.39, 0.29) is 1.43 Å². The summed E-state index contributed by atoms with van der Waals surface area (Å²) in [4.78, 5) is 10.8. The molecule has 15 heavy (non-hydrogen) atoms. The highest BCUT2D eigenvalue weighted by Gasteiger charge is 1.90. The minimum atomic E-state index is 0. The molecule has 2 heteroatoms. The van der Waals surface area contributed by atoms with Gasteiger partial charge in [-0.3, -0.25) is 4.79 Å². The molecule has 0 unspecified atom stereocenters. The van der Waals surface area contributed by atoms with Crippen LogP contribution in [0, 0.1) is 5.92 Å². The van der Waals surface area contributed by atoms with E-state index in [4.69, 9.17) is 0 Å². The molecule has 0 atom stereocenters. The topological polar surface area (TPSA) is 29.1 Å². The number of rotatable bonds is 6. The summed E-state index contributed by atoms with van der Waals surface area (Å²) in [5.41, 5.74) is 0. The van der Waals surface area contributed by atoms with Crippen molar-refractivity contribution in [2.75, 3.05) is 13.1 Å². The third-order valence-corrected chi connectivity index (χ3v) is 1.42. The van der Waals surface area contributed by atoms with Crippen molar-refractivity contribution in [2.45, 2.75) is 47.5 Å². The Morgan fingerprint density at radius 1 is 1.27 bits per heavy atom. The third-order valence-electron chi connectivity index (χ3n) is 1.42. The van der Waals surface area contributed by atoms with Gasteiger partial charge in [0.1, 0.15) is 5.78 Å². The zero-order chi connectivity index (χ0) is 12.1. The first-order valence-corrected chi connectivity index (χ1v) is 5.91. The zero-order valence-electron chi connectivity index (χ0n) is 11.0. The quantitative estimate of drug-likeness (QED) is 0.543. The maximum absolute atomic E-state index is 10.8. The number of carbonyl (C=O) groups is 1. The van der Waals surface area contributed by atoms with Gasteiger partial charge in [-0.05, 0) is 12.5 Å².